The van der Waals surface area contributed by atoms with E-state index in [1.165, 1.54) is 23.6 Å². The molecule has 176 valence electrons. The number of sulfonamides is 1. The average molecular weight is 487 g/mol. The predicted octanol–water partition coefficient (Wildman–Crippen LogP) is 5.00. The molecule has 0 aliphatic heterocycles. The highest BCUT2D eigenvalue weighted by Gasteiger charge is 2.24. The third-order valence-electron chi connectivity index (χ3n) is 6.00. The van der Waals surface area contributed by atoms with Crippen molar-refractivity contribution in [2.24, 2.45) is 0 Å². The fourth-order valence-electron chi connectivity index (χ4n) is 4.14. The van der Waals surface area contributed by atoms with Crippen LogP contribution < -0.4 is 4.74 Å². The molecule has 0 bridgehead atoms. The topological polar surface area (TPSA) is 77.3 Å². The van der Waals surface area contributed by atoms with Crippen molar-refractivity contribution in [3.8, 4) is 17.1 Å². The van der Waals surface area contributed by atoms with Gasteiger partial charge >= 0.3 is 0 Å². The lowest BCUT2D eigenvalue weighted by Crippen LogP contribution is -2.22. The van der Waals surface area contributed by atoms with Crippen LogP contribution in [0, 0.1) is 0 Å². The van der Waals surface area contributed by atoms with Crippen LogP contribution in [0.3, 0.4) is 0 Å². The first-order valence-electron chi connectivity index (χ1n) is 11.1. The maximum absolute atomic E-state index is 12.5. The highest BCUT2D eigenvalue weighted by atomic mass is 32.2. The van der Waals surface area contributed by atoms with E-state index in [4.69, 9.17) is 4.74 Å². The van der Waals surface area contributed by atoms with Crippen LogP contribution in [0.5, 0.6) is 5.75 Å². The zero-order valence-corrected chi connectivity index (χ0v) is 20.9. The third-order valence-corrected chi connectivity index (χ3v) is 8.82. The molecule has 0 amide bonds. The van der Waals surface area contributed by atoms with E-state index in [9.17, 15) is 8.42 Å². The minimum atomic E-state index is -3.46. The summed E-state index contributed by atoms with van der Waals surface area (Å²) >= 11 is 1.60. The monoisotopic (exact) mass is 486 g/mol. The molecule has 0 atom stereocenters. The second-order valence-corrected chi connectivity index (χ2v) is 11.5. The first kappa shape index (κ1) is 23.8. The normalized spacial score (nSPS) is 15.2. The molecule has 1 heterocycles. The van der Waals surface area contributed by atoms with Crippen LogP contribution in [0.2, 0.25) is 0 Å². The number of hydrogen-bond donors (Lipinski definition) is 0. The van der Waals surface area contributed by atoms with Crippen molar-refractivity contribution in [2.75, 3.05) is 21.2 Å². The molecule has 4 rings (SSSR count). The van der Waals surface area contributed by atoms with Gasteiger partial charge in [-0.05, 0) is 54.8 Å². The molecule has 3 aromatic rings. The van der Waals surface area contributed by atoms with E-state index in [1.54, 1.807) is 51.2 Å². The third kappa shape index (κ3) is 5.26. The van der Waals surface area contributed by atoms with Crippen LogP contribution >= 0.6 is 11.8 Å². The van der Waals surface area contributed by atoms with Gasteiger partial charge in [0.1, 0.15) is 5.75 Å². The van der Waals surface area contributed by atoms with Gasteiger partial charge in [0.2, 0.25) is 10.0 Å². The van der Waals surface area contributed by atoms with Crippen molar-refractivity contribution in [2.45, 2.75) is 54.0 Å². The van der Waals surface area contributed by atoms with Crippen molar-refractivity contribution in [1.29, 1.82) is 0 Å². The fourth-order valence-corrected chi connectivity index (χ4v) is 6.06. The van der Waals surface area contributed by atoms with E-state index >= 15 is 0 Å². The number of nitrogens with zero attached hydrogens (tertiary/aromatic N) is 4. The van der Waals surface area contributed by atoms with Crippen LogP contribution in [0.15, 0.2) is 58.6 Å². The Morgan fingerprint density at radius 3 is 2.45 bits per heavy atom. The summed E-state index contributed by atoms with van der Waals surface area (Å²) in [5, 5.41) is 9.97. The zero-order chi connectivity index (χ0) is 23.4. The number of ether oxygens (including phenoxy) is 1. The lowest BCUT2D eigenvalue weighted by atomic mass is 9.95. The summed E-state index contributed by atoms with van der Waals surface area (Å²) in [6.07, 6.45) is 5.92. The Balaban J connectivity index is 1.62. The number of methoxy groups -OCH3 is 1. The van der Waals surface area contributed by atoms with Crippen molar-refractivity contribution >= 4 is 21.8 Å². The summed E-state index contributed by atoms with van der Waals surface area (Å²) in [5.41, 5.74) is 1.95. The van der Waals surface area contributed by atoms with Gasteiger partial charge in [-0.3, -0.25) is 4.57 Å². The molecule has 1 aromatic heterocycles. The Bertz CT molecular complexity index is 1180. The highest BCUT2D eigenvalue weighted by molar-refractivity contribution is 7.98. The summed E-state index contributed by atoms with van der Waals surface area (Å²) < 4.78 is 33.8. The van der Waals surface area contributed by atoms with Gasteiger partial charge in [-0.2, -0.15) is 0 Å². The summed E-state index contributed by atoms with van der Waals surface area (Å²) in [4.78, 5) is 0.304. The molecule has 2 aromatic carbocycles. The zero-order valence-electron chi connectivity index (χ0n) is 19.3. The molecule has 0 unspecified atom stereocenters. The first-order chi connectivity index (χ1) is 15.9. The summed E-state index contributed by atoms with van der Waals surface area (Å²) in [6.45, 7) is 0. The van der Waals surface area contributed by atoms with Crippen LogP contribution in [-0.4, -0.2) is 48.7 Å². The van der Waals surface area contributed by atoms with Crippen molar-refractivity contribution in [1.82, 2.24) is 19.1 Å². The number of hydrogen-bond acceptors (Lipinski definition) is 6. The molecule has 0 spiro atoms. The Morgan fingerprint density at radius 1 is 1.06 bits per heavy atom. The molecule has 33 heavy (non-hydrogen) atoms. The number of rotatable bonds is 8. The van der Waals surface area contributed by atoms with E-state index in [0.717, 1.165) is 40.7 Å². The van der Waals surface area contributed by atoms with Gasteiger partial charge < -0.3 is 4.74 Å². The first-order valence-corrected chi connectivity index (χ1v) is 13.6. The van der Waals surface area contributed by atoms with E-state index in [-0.39, 0.29) is 0 Å². The number of benzene rings is 2. The molecular weight excluding hydrogens is 456 g/mol. The molecule has 0 saturated heterocycles. The lowest BCUT2D eigenvalue weighted by Gasteiger charge is -2.25. The maximum Gasteiger partial charge on any atom is 0.242 e. The van der Waals surface area contributed by atoms with Crippen LogP contribution in [0.1, 0.15) is 43.7 Å². The lowest BCUT2D eigenvalue weighted by molar-refractivity contribution is 0.339. The molecule has 1 aliphatic rings. The molecule has 0 N–H and O–H groups in total. The Hall–Kier alpha value is -2.36. The quantitative estimate of drug-likeness (QED) is 0.417. The predicted molar refractivity (Wildman–Crippen MR) is 131 cm³/mol. The van der Waals surface area contributed by atoms with Crippen LogP contribution in [-0.2, 0) is 15.8 Å². The standard InChI is InChI=1S/C24H30N4O3S2/c1-27(2)33(29,30)22-11-7-8-18(16-22)17-32-24-26-25-23(19-12-14-21(31-3)15-13-19)28(24)20-9-5-4-6-10-20/h7-8,11-16,20H,4-6,9-10,17H2,1-3H3. The summed E-state index contributed by atoms with van der Waals surface area (Å²) in [7, 11) is 1.29. The minimum absolute atomic E-state index is 0.304. The maximum atomic E-state index is 12.5. The largest absolute Gasteiger partial charge is 0.497 e. The smallest absolute Gasteiger partial charge is 0.242 e. The van der Waals surface area contributed by atoms with Crippen LogP contribution in [0.25, 0.3) is 11.4 Å². The van der Waals surface area contributed by atoms with Crippen molar-refractivity contribution in [3.05, 3.63) is 54.1 Å². The molecule has 9 heteroatoms. The SMILES string of the molecule is COc1ccc(-c2nnc(SCc3cccc(S(=O)(=O)N(C)C)c3)n2C2CCCCC2)cc1. The Morgan fingerprint density at radius 2 is 1.79 bits per heavy atom. The van der Waals surface area contributed by atoms with E-state index < -0.39 is 10.0 Å². The molecule has 7 nitrogen and oxygen atoms in total. The van der Waals surface area contributed by atoms with Gasteiger partial charge in [-0.25, -0.2) is 12.7 Å². The molecular formula is C24H30N4O3S2. The number of thioether (sulfide) groups is 1. The van der Waals surface area contributed by atoms with E-state index in [2.05, 4.69) is 14.8 Å². The van der Waals surface area contributed by atoms with E-state index in [1.807, 2.05) is 30.3 Å². The average Bonchev–Trinajstić information content (AvgIpc) is 3.27. The van der Waals surface area contributed by atoms with E-state index in [0.29, 0.717) is 16.7 Å². The van der Waals surface area contributed by atoms with Gasteiger partial charge in [0, 0.05) is 31.5 Å². The van der Waals surface area contributed by atoms with Gasteiger partial charge in [0.25, 0.3) is 0 Å². The summed E-state index contributed by atoms with van der Waals surface area (Å²) in [6, 6.07) is 15.4. The van der Waals surface area contributed by atoms with Crippen LogP contribution in [0.4, 0.5) is 0 Å². The molecule has 1 aliphatic carbocycles. The molecule has 1 saturated carbocycles. The Labute approximate surface area is 200 Å². The molecule has 1 fully saturated rings. The molecule has 0 radical (unpaired) electrons. The van der Waals surface area contributed by atoms with Gasteiger partial charge in [0.15, 0.2) is 11.0 Å². The van der Waals surface area contributed by atoms with Crippen molar-refractivity contribution in [3.63, 3.8) is 0 Å². The van der Waals surface area contributed by atoms with Gasteiger partial charge in [0.05, 0.1) is 12.0 Å². The second kappa shape index (κ2) is 10.3. The second-order valence-electron chi connectivity index (χ2n) is 8.42. The summed E-state index contributed by atoms with van der Waals surface area (Å²) in [5.74, 6) is 2.30. The van der Waals surface area contributed by atoms with Gasteiger partial charge in [-0.1, -0.05) is 43.2 Å². The fraction of sp³-hybridized carbons (Fsp3) is 0.417. The Kier molecular flexibility index (Phi) is 7.41. The van der Waals surface area contributed by atoms with Crippen molar-refractivity contribution < 1.29 is 13.2 Å². The minimum Gasteiger partial charge on any atom is -0.497 e. The van der Waals surface area contributed by atoms with Gasteiger partial charge in [-0.15, -0.1) is 10.2 Å². The number of aromatic nitrogens is 3. The highest BCUT2D eigenvalue weighted by Crippen LogP contribution is 2.36.